The first kappa shape index (κ1) is 14.2. The highest BCUT2D eigenvalue weighted by Gasteiger charge is 2.32. The van der Waals surface area contributed by atoms with Gasteiger partial charge >= 0.3 is 12.3 Å². The number of hydrogen-bond acceptors (Lipinski definition) is 3. The van der Waals surface area contributed by atoms with Crippen molar-refractivity contribution in [1.82, 2.24) is 5.32 Å². The Morgan fingerprint density at radius 2 is 2.10 bits per heavy atom. The van der Waals surface area contributed by atoms with Gasteiger partial charge in [-0.25, -0.2) is 4.79 Å². The number of carbonyl (C=O) groups is 1. The molecule has 20 heavy (non-hydrogen) atoms. The fraction of sp³-hybridized carbons (Fsp3) is 0.308. The number of alkyl carbamates (subject to hydrolysis) is 1. The molecule has 0 fully saturated rings. The quantitative estimate of drug-likeness (QED) is 0.833. The summed E-state index contributed by atoms with van der Waals surface area (Å²) in [4.78, 5) is 11.3. The average Bonchev–Trinajstić information content (AvgIpc) is 2.36. The highest BCUT2D eigenvalue weighted by Crippen LogP contribution is 2.35. The van der Waals surface area contributed by atoms with Crippen LogP contribution in [-0.4, -0.2) is 19.2 Å². The molecule has 2 rings (SSSR count). The molecule has 0 aliphatic carbocycles. The van der Waals surface area contributed by atoms with E-state index >= 15 is 0 Å². The fourth-order valence-corrected chi connectivity index (χ4v) is 1.97. The Morgan fingerprint density at radius 1 is 1.40 bits per heavy atom. The summed E-state index contributed by atoms with van der Waals surface area (Å²) in [5.74, 6) is 0. The largest absolute Gasteiger partial charge is 0.453 e. The maximum Gasteiger partial charge on any atom is 0.416 e. The first-order valence-electron chi connectivity index (χ1n) is 5.86. The van der Waals surface area contributed by atoms with E-state index in [-0.39, 0.29) is 11.6 Å². The predicted molar refractivity (Wildman–Crippen MR) is 68.0 cm³/mol. The monoisotopic (exact) mass is 286 g/mol. The van der Waals surface area contributed by atoms with Crippen molar-refractivity contribution < 1.29 is 22.7 Å². The van der Waals surface area contributed by atoms with Gasteiger partial charge in [0, 0.05) is 17.3 Å². The average molecular weight is 286 g/mol. The number of hydrogen-bond donors (Lipinski definition) is 2. The SMILES string of the molecule is COC(=O)NC1=C[C@H](C)Nc2ccc(C(F)(F)F)cc21. The molecule has 0 aromatic heterocycles. The standard InChI is InChI=1S/C13H13F3N2O2/c1-7-5-11(18-12(19)20-2)9-6-8(13(14,15)16)3-4-10(9)17-7/h3-7,17H,1-2H3,(H,18,19)/t7-/m0/s1. The van der Waals surface area contributed by atoms with Crippen molar-refractivity contribution >= 4 is 17.5 Å². The molecule has 4 nitrogen and oxygen atoms in total. The van der Waals surface area contributed by atoms with Gasteiger partial charge in [0.2, 0.25) is 0 Å². The fourth-order valence-electron chi connectivity index (χ4n) is 1.97. The molecule has 0 radical (unpaired) electrons. The van der Waals surface area contributed by atoms with Gasteiger partial charge in [-0.2, -0.15) is 13.2 Å². The van der Waals surface area contributed by atoms with E-state index in [1.165, 1.54) is 13.2 Å². The van der Waals surface area contributed by atoms with Gasteiger partial charge in [0.1, 0.15) is 0 Å². The summed E-state index contributed by atoms with van der Waals surface area (Å²) in [5, 5.41) is 5.45. The van der Waals surface area contributed by atoms with E-state index in [1.807, 2.05) is 6.92 Å². The summed E-state index contributed by atoms with van der Waals surface area (Å²) in [7, 11) is 1.19. The lowest BCUT2D eigenvalue weighted by Crippen LogP contribution is -2.28. The summed E-state index contributed by atoms with van der Waals surface area (Å²) in [5.41, 5.74) is 0.331. The zero-order valence-corrected chi connectivity index (χ0v) is 10.8. The first-order valence-corrected chi connectivity index (χ1v) is 5.86. The Morgan fingerprint density at radius 3 is 2.70 bits per heavy atom. The molecular formula is C13H13F3N2O2. The van der Waals surface area contributed by atoms with Crippen molar-refractivity contribution in [2.45, 2.75) is 19.1 Å². The van der Waals surface area contributed by atoms with Gasteiger partial charge in [-0.15, -0.1) is 0 Å². The van der Waals surface area contributed by atoms with E-state index in [2.05, 4.69) is 15.4 Å². The van der Waals surface area contributed by atoms with Crippen LogP contribution in [0, 0.1) is 0 Å². The number of ether oxygens (including phenoxy) is 1. The molecule has 1 aromatic carbocycles. The Labute approximate surface area is 113 Å². The second-order valence-corrected chi connectivity index (χ2v) is 4.39. The number of fused-ring (bicyclic) bond motifs is 1. The molecule has 2 N–H and O–H groups in total. The maximum absolute atomic E-state index is 12.7. The number of carbonyl (C=O) groups excluding carboxylic acids is 1. The first-order chi connectivity index (χ1) is 9.31. The van der Waals surface area contributed by atoms with E-state index in [0.29, 0.717) is 11.4 Å². The van der Waals surface area contributed by atoms with Crippen molar-refractivity contribution in [2.75, 3.05) is 12.4 Å². The molecule has 0 spiro atoms. The van der Waals surface area contributed by atoms with Gasteiger partial charge < -0.3 is 10.1 Å². The summed E-state index contributed by atoms with van der Waals surface area (Å²) in [6.45, 7) is 1.82. The molecule has 108 valence electrons. The van der Waals surface area contributed by atoms with Crippen LogP contribution < -0.4 is 10.6 Å². The molecule has 1 heterocycles. The van der Waals surface area contributed by atoms with Gasteiger partial charge in [0.05, 0.1) is 18.4 Å². The summed E-state index contributed by atoms with van der Waals surface area (Å²) in [6, 6.07) is 3.22. The number of rotatable bonds is 1. The Hall–Kier alpha value is -2.18. The van der Waals surface area contributed by atoms with Crippen LogP contribution in [0.5, 0.6) is 0 Å². The van der Waals surface area contributed by atoms with E-state index in [9.17, 15) is 18.0 Å². The maximum atomic E-state index is 12.7. The number of benzene rings is 1. The third-order valence-corrected chi connectivity index (χ3v) is 2.86. The molecule has 1 aliphatic heterocycles. The van der Waals surface area contributed by atoms with Crippen molar-refractivity contribution in [3.63, 3.8) is 0 Å². The van der Waals surface area contributed by atoms with E-state index in [4.69, 9.17) is 0 Å². The van der Waals surface area contributed by atoms with Crippen LogP contribution in [0.1, 0.15) is 18.1 Å². The Bertz CT molecular complexity index is 567. The molecule has 1 aromatic rings. The van der Waals surface area contributed by atoms with E-state index < -0.39 is 17.8 Å². The number of alkyl halides is 3. The van der Waals surface area contributed by atoms with Crippen molar-refractivity contribution in [1.29, 1.82) is 0 Å². The molecule has 0 unspecified atom stereocenters. The van der Waals surface area contributed by atoms with Crippen LogP contribution in [0.4, 0.5) is 23.7 Å². The molecular weight excluding hydrogens is 273 g/mol. The Balaban J connectivity index is 2.44. The van der Waals surface area contributed by atoms with Crippen molar-refractivity contribution in [3.8, 4) is 0 Å². The van der Waals surface area contributed by atoms with Gasteiger partial charge in [-0.1, -0.05) is 0 Å². The van der Waals surface area contributed by atoms with Crippen LogP contribution in [0.15, 0.2) is 24.3 Å². The van der Waals surface area contributed by atoms with Crippen LogP contribution in [0.2, 0.25) is 0 Å². The van der Waals surface area contributed by atoms with Crippen LogP contribution in [-0.2, 0) is 10.9 Å². The lowest BCUT2D eigenvalue weighted by atomic mass is 10.00. The predicted octanol–water partition coefficient (Wildman–Crippen LogP) is 3.22. The summed E-state index contributed by atoms with van der Waals surface area (Å²) < 4.78 is 42.7. The van der Waals surface area contributed by atoms with Gasteiger partial charge in [-0.3, -0.25) is 5.32 Å². The smallest absolute Gasteiger partial charge is 0.416 e. The molecule has 1 aliphatic rings. The zero-order chi connectivity index (χ0) is 14.9. The summed E-state index contributed by atoms with van der Waals surface area (Å²) >= 11 is 0. The highest BCUT2D eigenvalue weighted by atomic mass is 19.4. The second-order valence-electron chi connectivity index (χ2n) is 4.39. The van der Waals surface area contributed by atoms with Crippen molar-refractivity contribution in [2.24, 2.45) is 0 Å². The molecule has 0 saturated heterocycles. The molecule has 0 bridgehead atoms. The van der Waals surface area contributed by atoms with Gasteiger partial charge in [0.15, 0.2) is 0 Å². The third-order valence-electron chi connectivity index (χ3n) is 2.86. The number of halogens is 3. The molecule has 1 atom stereocenters. The number of methoxy groups -OCH3 is 1. The van der Waals surface area contributed by atoms with Crippen LogP contribution in [0.3, 0.4) is 0 Å². The van der Waals surface area contributed by atoms with Gasteiger partial charge in [-0.05, 0) is 31.2 Å². The lowest BCUT2D eigenvalue weighted by Gasteiger charge is -2.25. The second kappa shape index (κ2) is 5.07. The minimum absolute atomic E-state index is 0.119. The molecule has 0 saturated carbocycles. The minimum Gasteiger partial charge on any atom is -0.453 e. The number of anilines is 1. The zero-order valence-electron chi connectivity index (χ0n) is 10.8. The van der Waals surface area contributed by atoms with E-state index in [0.717, 1.165) is 12.1 Å². The normalized spacial score (nSPS) is 17.6. The highest BCUT2D eigenvalue weighted by molar-refractivity contribution is 5.88. The number of nitrogens with one attached hydrogen (secondary N) is 2. The third kappa shape index (κ3) is 2.87. The van der Waals surface area contributed by atoms with Crippen LogP contribution >= 0.6 is 0 Å². The Kier molecular flexibility index (Phi) is 3.61. The van der Waals surface area contributed by atoms with Gasteiger partial charge in [0.25, 0.3) is 0 Å². The minimum atomic E-state index is -4.44. The topological polar surface area (TPSA) is 50.4 Å². The lowest BCUT2D eigenvalue weighted by molar-refractivity contribution is -0.137. The van der Waals surface area contributed by atoms with Crippen molar-refractivity contribution in [3.05, 3.63) is 35.4 Å². The van der Waals surface area contributed by atoms with Crippen LogP contribution in [0.25, 0.3) is 5.70 Å². The molecule has 1 amide bonds. The van der Waals surface area contributed by atoms with E-state index in [1.54, 1.807) is 6.08 Å². The molecule has 7 heteroatoms. The summed E-state index contributed by atoms with van der Waals surface area (Å²) in [6.07, 6.45) is -3.54. The number of amides is 1.